The first-order chi connectivity index (χ1) is 18.3. The second-order valence-corrected chi connectivity index (χ2v) is 10.0. The third-order valence-corrected chi connectivity index (χ3v) is 7.25. The van der Waals surface area contributed by atoms with E-state index in [1.54, 1.807) is 28.6 Å². The Morgan fingerprint density at radius 2 is 1.89 bits per heavy atom. The number of carbonyl (C=O) groups is 1. The molecular weight excluding hydrogens is 482 g/mol. The Kier molecular flexibility index (Phi) is 5.79. The Morgan fingerprint density at radius 1 is 1.08 bits per heavy atom. The van der Waals surface area contributed by atoms with Crippen LogP contribution in [0.15, 0.2) is 48.9 Å². The molecule has 6 rings (SSSR count). The topological polar surface area (TPSA) is 128 Å². The number of rotatable bonds is 7. The van der Waals surface area contributed by atoms with Gasteiger partial charge in [-0.05, 0) is 75.1 Å². The van der Waals surface area contributed by atoms with E-state index in [-0.39, 0.29) is 11.9 Å². The zero-order chi connectivity index (χ0) is 26.6. The van der Waals surface area contributed by atoms with Crippen LogP contribution in [0.1, 0.15) is 60.4 Å². The van der Waals surface area contributed by atoms with Crippen molar-refractivity contribution in [3.63, 3.8) is 0 Å². The Hall–Kier alpha value is -4.38. The minimum absolute atomic E-state index is 0.156. The Balaban J connectivity index is 1.29. The molecule has 1 fully saturated rings. The molecule has 0 aliphatic heterocycles. The highest BCUT2D eigenvalue weighted by molar-refractivity contribution is 6.09. The Morgan fingerprint density at radius 3 is 2.66 bits per heavy atom. The van der Waals surface area contributed by atoms with Crippen LogP contribution in [0.4, 0.5) is 5.69 Å². The van der Waals surface area contributed by atoms with E-state index in [1.807, 2.05) is 62.0 Å². The number of aliphatic hydroxyl groups excluding tert-OH is 1. The van der Waals surface area contributed by atoms with Crippen molar-refractivity contribution in [2.24, 2.45) is 0 Å². The lowest BCUT2D eigenvalue weighted by Crippen LogP contribution is -2.20. The van der Waals surface area contributed by atoms with Crippen molar-refractivity contribution >= 4 is 17.1 Å². The van der Waals surface area contributed by atoms with Gasteiger partial charge in [-0.15, -0.1) is 10.2 Å². The molecule has 0 spiro atoms. The maximum absolute atomic E-state index is 13.4. The number of hydrogen-bond donors (Lipinski definition) is 2. The van der Waals surface area contributed by atoms with E-state index in [9.17, 15) is 9.90 Å². The second-order valence-electron chi connectivity index (χ2n) is 10.0. The van der Waals surface area contributed by atoms with E-state index >= 15 is 0 Å². The molecule has 38 heavy (non-hydrogen) atoms. The zero-order valence-electron chi connectivity index (χ0n) is 21.7. The standard InChI is InChI=1S/C27H29N9O2/c1-15-5-6-20(26-31-33-36(32-26)21-7-8-21)11-24(15)30-27(38)23-14-28-34-10-9-19(12-25(23)34)22-13-29-35(17(22)3)16(2)18(4)37/h5-6,9-14,16,18,21,37H,7-8H2,1-4H3,(H,30,38)/t16-,18+/m0/s1. The smallest absolute Gasteiger partial charge is 0.259 e. The lowest BCUT2D eigenvalue weighted by molar-refractivity contribution is 0.102. The molecule has 4 aromatic heterocycles. The predicted molar refractivity (Wildman–Crippen MR) is 142 cm³/mol. The number of aliphatic hydroxyl groups is 1. The summed E-state index contributed by atoms with van der Waals surface area (Å²) in [5.74, 6) is 0.274. The lowest BCUT2D eigenvalue weighted by Gasteiger charge is -2.17. The summed E-state index contributed by atoms with van der Waals surface area (Å²) in [6.07, 6.45) is 6.82. The average Bonchev–Trinajstić information content (AvgIpc) is 3.30. The number of aromatic nitrogens is 8. The number of anilines is 1. The van der Waals surface area contributed by atoms with Crippen molar-refractivity contribution in [2.75, 3.05) is 5.32 Å². The highest BCUT2D eigenvalue weighted by atomic mass is 16.3. The molecule has 1 saturated carbocycles. The van der Waals surface area contributed by atoms with Gasteiger partial charge in [-0.2, -0.15) is 15.0 Å². The fourth-order valence-electron chi connectivity index (χ4n) is 4.53. The Labute approximate surface area is 219 Å². The number of fused-ring (bicyclic) bond motifs is 1. The van der Waals surface area contributed by atoms with Crippen molar-refractivity contribution in [1.29, 1.82) is 0 Å². The molecule has 5 aromatic rings. The number of hydrogen-bond acceptors (Lipinski definition) is 7. The number of nitrogens with zero attached hydrogens (tertiary/aromatic N) is 8. The lowest BCUT2D eigenvalue weighted by atomic mass is 10.1. The van der Waals surface area contributed by atoms with Gasteiger partial charge in [0, 0.05) is 28.7 Å². The summed E-state index contributed by atoms with van der Waals surface area (Å²) in [7, 11) is 0. The number of aryl methyl sites for hydroxylation is 1. The monoisotopic (exact) mass is 511 g/mol. The molecule has 0 saturated heterocycles. The maximum Gasteiger partial charge on any atom is 0.259 e. The van der Waals surface area contributed by atoms with Crippen LogP contribution in [-0.4, -0.2) is 56.7 Å². The molecule has 4 heterocycles. The molecule has 1 aliphatic carbocycles. The predicted octanol–water partition coefficient (Wildman–Crippen LogP) is 4.00. The molecule has 0 bridgehead atoms. The summed E-state index contributed by atoms with van der Waals surface area (Å²) >= 11 is 0. The van der Waals surface area contributed by atoms with Gasteiger partial charge in [-0.1, -0.05) is 12.1 Å². The van der Waals surface area contributed by atoms with Gasteiger partial charge >= 0.3 is 0 Å². The number of carbonyl (C=O) groups excluding carboxylic acids is 1. The molecule has 11 heteroatoms. The van der Waals surface area contributed by atoms with E-state index in [1.165, 1.54) is 0 Å². The third kappa shape index (κ3) is 4.24. The van der Waals surface area contributed by atoms with E-state index in [4.69, 9.17) is 0 Å². The van der Waals surface area contributed by atoms with Gasteiger partial charge in [0.25, 0.3) is 5.91 Å². The van der Waals surface area contributed by atoms with Gasteiger partial charge in [0.05, 0.1) is 41.7 Å². The van der Waals surface area contributed by atoms with E-state index in [0.717, 1.165) is 40.8 Å². The first-order valence-corrected chi connectivity index (χ1v) is 12.7. The fourth-order valence-corrected chi connectivity index (χ4v) is 4.53. The highest BCUT2D eigenvalue weighted by Crippen LogP contribution is 2.34. The molecule has 1 amide bonds. The van der Waals surface area contributed by atoms with E-state index < -0.39 is 6.10 Å². The molecule has 0 radical (unpaired) electrons. The number of amides is 1. The SMILES string of the molecule is Cc1ccc(-c2nnn(C3CC3)n2)cc1NC(=O)c1cnn2ccc(-c3cnn([C@@H](C)[C@@H](C)O)c3C)cc12. The summed E-state index contributed by atoms with van der Waals surface area (Å²) in [5.41, 5.74) is 6.31. The van der Waals surface area contributed by atoms with E-state index in [0.29, 0.717) is 28.6 Å². The summed E-state index contributed by atoms with van der Waals surface area (Å²) in [4.78, 5) is 15.1. The van der Waals surface area contributed by atoms with Gasteiger partial charge in [0.2, 0.25) is 5.82 Å². The van der Waals surface area contributed by atoms with E-state index in [2.05, 4.69) is 30.9 Å². The summed E-state index contributed by atoms with van der Waals surface area (Å²) < 4.78 is 3.50. The average molecular weight is 512 g/mol. The minimum atomic E-state index is -0.531. The molecule has 2 N–H and O–H groups in total. The van der Waals surface area contributed by atoms with Crippen molar-refractivity contribution in [2.45, 2.75) is 58.7 Å². The van der Waals surface area contributed by atoms with Crippen molar-refractivity contribution < 1.29 is 9.90 Å². The summed E-state index contributed by atoms with van der Waals surface area (Å²) in [6.45, 7) is 7.60. The van der Waals surface area contributed by atoms with Gasteiger partial charge in [-0.3, -0.25) is 9.48 Å². The van der Waals surface area contributed by atoms with Crippen molar-refractivity contribution in [3.05, 3.63) is 65.7 Å². The van der Waals surface area contributed by atoms with Crippen molar-refractivity contribution in [3.8, 4) is 22.5 Å². The molecule has 194 valence electrons. The molecule has 2 atom stereocenters. The molecule has 11 nitrogen and oxygen atoms in total. The van der Waals surface area contributed by atoms with Gasteiger partial charge < -0.3 is 10.4 Å². The second kappa shape index (κ2) is 9.18. The normalized spacial score (nSPS) is 15.1. The number of benzene rings is 1. The van der Waals surface area contributed by atoms with Crippen LogP contribution in [-0.2, 0) is 0 Å². The van der Waals surface area contributed by atoms with Crippen LogP contribution in [0.3, 0.4) is 0 Å². The summed E-state index contributed by atoms with van der Waals surface area (Å²) in [6, 6.07) is 9.82. The number of tetrazole rings is 1. The molecule has 1 aliphatic rings. The quantitative estimate of drug-likeness (QED) is 0.338. The minimum Gasteiger partial charge on any atom is -0.391 e. The first-order valence-electron chi connectivity index (χ1n) is 12.7. The van der Waals surface area contributed by atoms with Crippen molar-refractivity contribution in [1.82, 2.24) is 39.6 Å². The molecular formula is C27H29N9O2. The number of nitrogens with one attached hydrogen (secondary N) is 1. The van der Waals surface area contributed by atoms with Crippen LogP contribution in [0.2, 0.25) is 0 Å². The van der Waals surface area contributed by atoms with Crippen LogP contribution in [0.25, 0.3) is 28.0 Å². The Bertz CT molecular complexity index is 1660. The van der Waals surface area contributed by atoms with Gasteiger partial charge in [0.15, 0.2) is 0 Å². The highest BCUT2D eigenvalue weighted by Gasteiger charge is 2.27. The molecule has 1 aromatic carbocycles. The van der Waals surface area contributed by atoms with Crippen LogP contribution >= 0.6 is 0 Å². The van der Waals surface area contributed by atoms with Crippen LogP contribution < -0.4 is 5.32 Å². The van der Waals surface area contributed by atoms with Gasteiger partial charge in [0.1, 0.15) is 0 Å². The maximum atomic E-state index is 13.4. The number of pyridine rings is 1. The zero-order valence-corrected chi connectivity index (χ0v) is 21.7. The van der Waals surface area contributed by atoms with Crippen LogP contribution in [0, 0.1) is 13.8 Å². The third-order valence-electron chi connectivity index (χ3n) is 7.25. The largest absolute Gasteiger partial charge is 0.391 e. The molecule has 0 unspecified atom stereocenters. The summed E-state index contributed by atoms with van der Waals surface area (Å²) in [5, 5.41) is 34.8. The first kappa shape index (κ1) is 24.0. The fraction of sp³-hybridized carbons (Fsp3) is 0.333. The van der Waals surface area contributed by atoms with Crippen LogP contribution in [0.5, 0.6) is 0 Å². The van der Waals surface area contributed by atoms with Gasteiger partial charge in [-0.25, -0.2) is 4.52 Å².